The number of rotatable bonds is 7. The highest BCUT2D eigenvalue weighted by Gasteiger charge is 2.33. The molecule has 1 saturated carbocycles. The van der Waals surface area contributed by atoms with Gasteiger partial charge in [0.2, 0.25) is 5.88 Å². The second kappa shape index (κ2) is 9.90. The summed E-state index contributed by atoms with van der Waals surface area (Å²) in [5, 5.41) is 7.65. The minimum Gasteiger partial charge on any atom is -0.489 e. The number of halogens is 3. The average molecular weight is 552 g/mol. The second-order valence-corrected chi connectivity index (χ2v) is 10.3. The van der Waals surface area contributed by atoms with Gasteiger partial charge >= 0.3 is 0 Å². The summed E-state index contributed by atoms with van der Waals surface area (Å²) in [5.74, 6) is 2.90. The third-order valence-corrected chi connectivity index (χ3v) is 7.36. The Morgan fingerprint density at radius 3 is 2.51 bits per heavy atom. The van der Waals surface area contributed by atoms with Crippen LogP contribution in [-0.2, 0) is 6.61 Å². The Morgan fingerprint density at radius 1 is 0.973 bits per heavy atom. The zero-order valence-electron chi connectivity index (χ0n) is 19.8. The summed E-state index contributed by atoms with van der Waals surface area (Å²) in [7, 11) is 0. The highest BCUT2D eigenvalue weighted by atomic mass is 35.5. The van der Waals surface area contributed by atoms with E-state index in [1.54, 1.807) is 24.4 Å². The van der Waals surface area contributed by atoms with Crippen molar-refractivity contribution in [2.45, 2.75) is 32.3 Å². The van der Waals surface area contributed by atoms with Gasteiger partial charge in [-0.2, -0.15) is 0 Å². The number of benzene rings is 3. The van der Waals surface area contributed by atoms with Crippen LogP contribution in [0.3, 0.4) is 0 Å². The van der Waals surface area contributed by atoms with Crippen molar-refractivity contribution in [3.63, 3.8) is 0 Å². The molecule has 0 aliphatic heterocycles. The quantitative estimate of drug-likeness (QED) is 0.202. The molecule has 2 aromatic heterocycles. The molecule has 2 heterocycles. The molecule has 0 N–H and O–H groups in total. The maximum atomic E-state index is 6.67. The number of nitrogens with zero attached hydrogens (tertiary/aromatic N) is 2. The average Bonchev–Trinajstić information content (AvgIpc) is 3.66. The summed E-state index contributed by atoms with van der Waals surface area (Å²) < 4.78 is 17.9. The van der Waals surface area contributed by atoms with Crippen LogP contribution in [0.15, 0.2) is 71.4 Å². The predicted molar refractivity (Wildman–Crippen MR) is 146 cm³/mol. The zero-order valence-corrected chi connectivity index (χ0v) is 22.1. The number of fused-ring (bicyclic) bond motifs is 1. The summed E-state index contributed by atoms with van der Waals surface area (Å²) in [6.45, 7) is 2.24. The molecular weight excluding hydrogens is 531 g/mol. The molecule has 1 aliphatic carbocycles. The van der Waals surface area contributed by atoms with Gasteiger partial charge in [0.15, 0.2) is 0 Å². The Hall–Kier alpha value is -3.25. The summed E-state index contributed by atoms with van der Waals surface area (Å²) in [6, 6.07) is 18.7. The van der Waals surface area contributed by atoms with Crippen LogP contribution in [0.1, 0.15) is 35.6 Å². The Labute approximate surface area is 228 Å². The Morgan fingerprint density at radius 2 is 1.78 bits per heavy atom. The number of aryl methyl sites for hydroxylation is 1. The van der Waals surface area contributed by atoms with Crippen LogP contribution in [0.5, 0.6) is 17.4 Å². The minimum absolute atomic E-state index is 0.270. The summed E-state index contributed by atoms with van der Waals surface area (Å²) in [6.07, 6.45) is 3.88. The van der Waals surface area contributed by atoms with E-state index in [1.165, 1.54) is 0 Å². The van der Waals surface area contributed by atoms with Gasteiger partial charge in [0.05, 0.1) is 20.6 Å². The van der Waals surface area contributed by atoms with Crippen LogP contribution >= 0.6 is 34.8 Å². The highest BCUT2D eigenvalue weighted by Crippen LogP contribution is 2.46. The van der Waals surface area contributed by atoms with E-state index in [4.69, 9.17) is 48.8 Å². The predicted octanol–water partition coefficient (Wildman–Crippen LogP) is 9.41. The first kappa shape index (κ1) is 24.1. The third kappa shape index (κ3) is 4.87. The molecule has 3 aromatic carbocycles. The lowest BCUT2D eigenvalue weighted by molar-refractivity contribution is 0.301. The molecule has 0 spiro atoms. The van der Waals surface area contributed by atoms with Crippen LogP contribution in [0.25, 0.3) is 22.0 Å². The standard InChI is InChI=1S/C29H21Cl3N2O3/c1-16-5-12-25(33-14-16)36-24-11-8-18-13-19(9-10-20(18)27(24)32)35-15-21-28(34-37-29(21)17-6-7-17)26-22(30)3-2-4-23(26)31/h2-5,8-14,17H,6-7,15H2,1H3. The zero-order chi connectivity index (χ0) is 25.5. The van der Waals surface area contributed by atoms with E-state index >= 15 is 0 Å². The fraction of sp³-hybridized carbons (Fsp3) is 0.172. The summed E-state index contributed by atoms with van der Waals surface area (Å²) >= 11 is 19.6. The van der Waals surface area contributed by atoms with Gasteiger partial charge in [-0.05, 0) is 67.1 Å². The molecule has 0 saturated heterocycles. The van der Waals surface area contributed by atoms with Gasteiger partial charge in [-0.1, -0.05) is 58.2 Å². The lowest BCUT2D eigenvalue weighted by atomic mass is 10.0. The molecule has 0 unspecified atom stereocenters. The first-order chi connectivity index (χ1) is 18.0. The molecule has 6 rings (SSSR count). The number of hydrogen-bond donors (Lipinski definition) is 0. The molecule has 5 nitrogen and oxygen atoms in total. The molecule has 186 valence electrons. The van der Waals surface area contributed by atoms with Gasteiger partial charge in [-0.15, -0.1) is 0 Å². The fourth-order valence-electron chi connectivity index (χ4n) is 4.25. The van der Waals surface area contributed by atoms with Crippen molar-refractivity contribution in [2.75, 3.05) is 0 Å². The largest absolute Gasteiger partial charge is 0.489 e. The fourth-order valence-corrected chi connectivity index (χ4v) is 5.10. The van der Waals surface area contributed by atoms with Crippen LogP contribution in [-0.4, -0.2) is 10.1 Å². The Bertz CT molecular complexity index is 1590. The van der Waals surface area contributed by atoms with E-state index in [0.717, 1.165) is 40.5 Å². The maximum Gasteiger partial charge on any atom is 0.219 e. The molecule has 1 fully saturated rings. The van der Waals surface area contributed by atoms with E-state index < -0.39 is 0 Å². The molecule has 8 heteroatoms. The van der Waals surface area contributed by atoms with Gasteiger partial charge in [0, 0.05) is 29.1 Å². The number of ether oxygens (including phenoxy) is 2. The lowest BCUT2D eigenvalue weighted by Gasteiger charge is -2.12. The van der Waals surface area contributed by atoms with E-state index in [0.29, 0.717) is 49.6 Å². The topological polar surface area (TPSA) is 57.4 Å². The first-order valence-corrected chi connectivity index (χ1v) is 13.0. The molecule has 5 aromatic rings. The third-order valence-electron chi connectivity index (χ3n) is 6.34. The normalized spacial score (nSPS) is 13.2. The number of aromatic nitrogens is 2. The monoisotopic (exact) mass is 550 g/mol. The van der Waals surface area contributed by atoms with Gasteiger partial charge < -0.3 is 14.0 Å². The van der Waals surface area contributed by atoms with Crippen molar-refractivity contribution in [3.8, 4) is 28.6 Å². The molecular formula is C29H21Cl3N2O3. The van der Waals surface area contributed by atoms with Crippen LogP contribution < -0.4 is 9.47 Å². The molecule has 0 bridgehead atoms. The van der Waals surface area contributed by atoms with Crippen molar-refractivity contribution in [3.05, 3.63) is 98.8 Å². The van der Waals surface area contributed by atoms with Gasteiger partial charge in [-0.25, -0.2) is 4.98 Å². The molecule has 1 aliphatic rings. The van der Waals surface area contributed by atoms with Crippen LogP contribution in [0.2, 0.25) is 15.1 Å². The van der Waals surface area contributed by atoms with Crippen LogP contribution in [0.4, 0.5) is 0 Å². The van der Waals surface area contributed by atoms with Gasteiger partial charge in [0.25, 0.3) is 0 Å². The van der Waals surface area contributed by atoms with Crippen molar-refractivity contribution in [2.24, 2.45) is 0 Å². The van der Waals surface area contributed by atoms with Gasteiger partial charge in [0.1, 0.15) is 29.6 Å². The molecule has 0 radical (unpaired) electrons. The maximum absolute atomic E-state index is 6.67. The highest BCUT2D eigenvalue weighted by molar-refractivity contribution is 6.39. The van der Waals surface area contributed by atoms with E-state index in [2.05, 4.69) is 10.1 Å². The first-order valence-electron chi connectivity index (χ1n) is 11.9. The van der Waals surface area contributed by atoms with Crippen molar-refractivity contribution in [1.29, 1.82) is 0 Å². The number of pyridine rings is 1. The summed E-state index contributed by atoms with van der Waals surface area (Å²) in [4.78, 5) is 4.29. The summed E-state index contributed by atoms with van der Waals surface area (Å²) in [5.41, 5.74) is 3.20. The second-order valence-electron chi connectivity index (χ2n) is 9.07. The van der Waals surface area contributed by atoms with E-state index in [-0.39, 0.29) is 6.61 Å². The van der Waals surface area contributed by atoms with Crippen molar-refractivity contribution in [1.82, 2.24) is 10.1 Å². The van der Waals surface area contributed by atoms with Crippen molar-refractivity contribution >= 4 is 45.6 Å². The minimum atomic E-state index is 0.270. The van der Waals surface area contributed by atoms with Crippen molar-refractivity contribution < 1.29 is 14.0 Å². The molecule has 37 heavy (non-hydrogen) atoms. The SMILES string of the molecule is Cc1ccc(Oc2ccc3cc(OCc4c(-c5c(Cl)cccc5Cl)noc4C4CC4)ccc3c2Cl)nc1. The Balaban J connectivity index is 1.27. The smallest absolute Gasteiger partial charge is 0.219 e. The van der Waals surface area contributed by atoms with E-state index in [1.807, 2.05) is 49.4 Å². The Kier molecular flexibility index (Phi) is 6.45. The number of hydrogen-bond acceptors (Lipinski definition) is 5. The van der Waals surface area contributed by atoms with E-state index in [9.17, 15) is 0 Å². The molecule has 0 atom stereocenters. The molecule has 0 amide bonds. The van der Waals surface area contributed by atoms with Gasteiger partial charge in [-0.3, -0.25) is 0 Å². The lowest BCUT2D eigenvalue weighted by Crippen LogP contribution is -2.00. The van der Waals surface area contributed by atoms with Crippen LogP contribution in [0, 0.1) is 6.92 Å².